The summed E-state index contributed by atoms with van der Waals surface area (Å²) >= 11 is 0. The second-order valence-electron chi connectivity index (χ2n) is 13.7. The fourth-order valence-electron chi connectivity index (χ4n) is 5.62. The molecule has 0 amide bonds. The van der Waals surface area contributed by atoms with E-state index in [1.54, 1.807) is 0 Å². The number of hydrogen-bond acceptors (Lipinski definition) is 11. The molecule has 12 nitrogen and oxygen atoms in total. The fourth-order valence-corrected chi connectivity index (χ4v) is 6.59. The zero-order valence-corrected chi connectivity index (χ0v) is 33.6. The van der Waals surface area contributed by atoms with Gasteiger partial charge in [0.1, 0.15) is 42.7 Å². The number of unbranched alkanes of at least 4 members (excludes halogenated alkanes) is 10. The lowest BCUT2D eigenvalue weighted by Gasteiger charge is -2.41. The average Bonchev–Trinajstić information content (AvgIpc) is 3.15. The first-order valence-corrected chi connectivity index (χ1v) is 21.6. The van der Waals surface area contributed by atoms with E-state index in [1.807, 2.05) is 0 Å². The van der Waals surface area contributed by atoms with Crippen LogP contribution in [0.4, 0.5) is 0 Å². The van der Waals surface area contributed by atoms with Gasteiger partial charge in [-0.15, -0.1) is 0 Å². The summed E-state index contributed by atoms with van der Waals surface area (Å²) in [6.07, 6.45) is 25.9. The Morgan fingerprint density at radius 2 is 1.09 bits per heavy atom. The highest BCUT2D eigenvalue weighted by Gasteiger charge is 2.51. The predicted octanol–water partition coefficient (Wildman–Crippen LogP) is 7.08. The number of ether oxygens (including phenoxy) is 2. The minimum atomic E-state index is -5.02. The number of aliphatic hydroxyl groups excluding tert-OH is 5. The molecule has 0 aromatic carbocycles. The van der Waals surface area contributed by atoms with E-state index in [0.29, 0.717) is 13.0 Å². The molecule has 6 N–H and O–H groups in total. The van der Waals surface area contributed by atoms with Gasteiger partial charge in [0.05, 0.1) is 13.2 Å². The molecule has 0 aromatic rings. The van der Waals surface area contributed by atoms with Crippen molar-refractivity contribution in [3.8, 4) is 0 Å². The Hall–Kier alpha value is -1.96. The Morgan fingerprint density at radius 1 is 0.611 bits per heavy atom. The van der Waals surface area contributed by atoms with E-state index in [2.05, 4.69) is 74.6 Å². The summed E-state index contributed by atoms with van der Waals surface area (Å²) < 4.78 is 34.0. The lowest BCUT2D eigenvalue weighted by atomic mass is 9.85. The van der Waals surface area contributed by atoms with Crippen LogP contribution >= 0.6 is 7.82 Å². The molecule has 1 aliphatic rings. The molecule has 13 heteroatoms. The van der Waals surface area contributed by atoms with Gasteiger partial charge in [0.25, 0.3) is 0 Å². The molecular weight excluding hydrogens is 715 g/mol. The maximum Gasteiger partial charge on any atom is 0.472 e. The third kappa shape index (κ3) is 24.5. The van der Waals surface area contributed by atoms with Gasteiger partial charge in [0.15, 0.2) is 0 Å². The number of aliphatic hydroxyl groups is 5. The SMILES string of the molecule is CC/C=C\C/C=C\C/C=C\C/C=C\CCCCCOCC(COP(=O)(O)OC1C(O)C(O)C(O)C(O)C1O)OC(=O)CCCCCCC/C=C\CCCC. The molecule has 0 radical (unpaired) electrons. The van der Waals surface area contributed by atoms with Crippen LogP contribution in [-0.4, -0.2) is 98.9 Å². The molecular formula is C41H71O12P. The lowest BCUT2D eigenvalue weighted by Crippen LogP contribution is -2.64. The number of allylic oxidation sites excluding steroid dienone is 10. The standard InChI is InChI=1S/C41H71O12P/c1-3-5-7-9-11-13-15-16-17-18-19-21-23-25-27-29-31-50-32-34(52-35(42)30-28-26-24-22-20-14-12-10-8-6-4-2)33-51-54(48,49)53-41-39(46)37(44)36(43)38(45)40(41)47/h5,7,10-13,16-17,19,21,34,36-41,43-47H,3-4,6,8-9,14-15,18,20,22-33H2,1-2H3,(H,48,49)/b7-5-,12-10-,13-11-,17-16-,21-19-. The van der Waals surface area contributed by atoms with Crippen molar-refractivity contribution < 1.29 is 58.3 Å². The average molecular weight is 787 g/mol. The molecule has 0 aromatic heterocycles. The summed E-state index contributed by atoms with van der Waals surface area (Å²) in [4.78, 5) is 23.0. The highest BCUT2D eigenvalue weighted by atomic mass is 31.2. The normalized spacial score (nSPS) is 24.1. The second kappa shape index (κ2) is 32.2. The Bertz CT molecular complexity index is 1120. The second-order valence-corrected chi connectivity index (χ2v) is 15.2. The quantitative estimate of drug-likeness (QED) is 0.0176. The van der Waals surface area contributed by atoms with Gasteiger partial charge in [-0.3, -0.25) is 13.8 Å². The number of carbonyl (C=O) groups is 1. The van der Waals surface area contributed by atoms with Gasteiger partial charge in [-0.1, -0.05) is 113 Å². The Kier molecular flexibility index (Phi) is 29.8. The first-order chi connectivity index (χ1) is 26.0. The fraction of sp³-hybridized carbons (Fsp3) is 0.732. The summed E-state index contributed by atoms with van der Waals surface area (Å²) in [5.74, 6) is -0.504. The summed E-state index contributed by atoms with van der Waals surface area (Å²) in [6, 6.07) is 0. The monoisotopic (exact) mass is 786 g/mol. The van der Waals surface area contributed by atoms with E-state index in [9.17, 15) is 39.8 Å². The van der Waals surface area contributed by atoms with Crippen LogP contribution in [0.3, 0.4) is 0 Å². The van der Waals surface area contributed by atoms with Crippen molar-refractivity contribution in [2.75, 3.05) is 19.8 Å². The molecule has 6 unspecified atom stereocenters. The van der Waals surface area contributed by atoms with E-state index >= 15 is 0 Å². The molecule has 0 saturated heterocycles. The van der Waals surface area contributed by atoms with Gasteiger partial charge in [-0.25, -0.2) is 4.57 Å². The van der Waals surface area contributed by atoms with Crippen LogP contribution in [0.2, 0.25) is 0 Å². The van der Waals surface area contributed by atoms with E-state index in [0.717, 1.165) is 89.9 Å². The Labute approximate surface area is 324 Å². The van der Waals surface area contributed by atoms with Crippen LogP contribution in [0.15, 0.2) is 60.8 Å². The molecule has 1 aliphatic carbocycles. The minimum Gasteiger partial charge on any atom is -0.457 e. The maximum absolute atomic E-state index is 12.7. The molecule has 1 rings (SSSR count). The molecule has 0 spiro atoms. The highest BCUT2D eigenvalue weighted by Crippen LogP contribution is 2.47. The topological polar surface area (TPSA) is 192 Å². The Morgan fingerprint density at radius 3 is 1.69 bits per heavy atom. The van der Waals surface area contributed by atoms with Crippen molar-refractivity contribution in [3.63, 3.8) is 0 Å². The molecule has 0 bridgehead atoms. The summed E-state index contributed by atoms with van der Waals surface area (Å²) in [7, 11) is -5.02. The van der Waals surface area contributed by atoms with E-state index in [-0.39, 0.29) is 13.0 Å². The molecule has 0 heterocycles. The van der Waals surface area contributed by atoms with Gasteiger partial charge in [0, 0.05) is 13.0 Å². The van der Waals surface area contributed by atoms with Crippen molar-refractivity contribution >= 4 is 13.8 Å². The van der Waals surface area contributed by atoms with Crippen molar-refractivity contribution in [1.82, 2.24) is 0 Å². The van der Waals surface area contributed by atoms with Crippen LogP contribution in [-0.2, 0) is 27.9 Å². The number of carbonyl (C=O) groups excluding carboxylic acids is 1. The zero-order chi connectivity index (χ0) is 39.9. The van der Waals surface area contributed by atoms with E-state index in [1.165, 1.54) is 12.8 Å². The summed E-state index contributed by atoms with van der Waals surface area (Å²) in [5.41, 5.74) is 0. The minimum absolute atomic E-state index is 0.104. The van der Waals surface area contributed by atoms with Crippen LogP contribution in [0.5, 0.6) is 0 Å². The van der Waals surface area contributed by atoms with Crippen molar-refractivity contribution in [2.45, 2.75) is 172 Å². The van der Waals surface area contributed by atoms with Crippen LogP contribution in [0.25, 0.3) is 0 Å². The number of hydrogen-bond donors (Lipinski definition) is 6. The van der Waals surface area contributed by atoms with Gasteiger partial charge in [-0.2, -0.15) is 0 Å². The van der Waals surface area contributed by atoms with E-state index < -0.39 is 63.1 Å². The summed E-state index contributed by atoms with van der Waals surface area (Å²) in [5, 5.41) is 50.0. The van der Waals surface area contributed by atoms with Crippen LogP contribution in [0.1, 0.15) is 129 Å². The van der Waals surface area contributed by atoms with Gasteiger partial charge >= 0.3 is 13.8 Å². The first-order valence-electron chi connectivity index (χ1n) is 20.1. The summed E-state index contributed by atoms with van der Waals surface area (Å²) in [6.45, 7) is 3.98. The Balaban J connectivity index is 2.49. The largest absolute Gasteiger partial charge is 0.472 e. The smallest absolute Gasteiger partial charge is 0.457 e. The predicted molar refractivity (Wildman–Crippen MR) is 212 cm³/mol. The van der Waals surface area contributed by atoms with Gasteiger partial charge in [-0.05, 0) is 70.6 Å². The van der Waals surface area contributed by atoms with Crippen molar-refractivity contribution in [3.05, 3.63) is 60.8 Å². The molecule has 54 heavy (non-hydrogen) atoms. The number of phosphoric ester groups is 1. The molecule has 0 aliphatic heterocycles. The van der Waals surface area contributed by atoms with Crippen molar-refractivity contribution in [1.29, 1.82) is 0 Å². The number of phosphoric acid groups is 1. The van der Waals surface area contributed by atoms with Crippen molar-refractivity contribution in [2.24, 2.45) is 0 Å². The molecule has 1 fully saturated rings. The van der Waals surface area contributed by atoms with Gasteiger partial charge in [0.2, 0.25) is 0 Å². The zero-order valence-electron chi connectivity index (χ0n) is 32.7. The van der Waals surface area contributed by atoms with E-state index in [4.69, 9.17) is 18.5 Å². The molecule has 1 saturated carbocycles. The molecule has 312 valence electrons. The number of esters is 1. The van der Waals surface area contributed by atoms with Crippen LogP contribution < -0.4 is 0 Å². The highest BCUT2D eigenvalue weighted by molar-refractivity contribution is 7.47. The molecule has 6 atom stereocenters. The third-order valence-electron chi connectivity index (χ3n) is 8.87. The maximum atomic E-state index is 12.7. The van der Waals surface area contributed by atoms with Crippen LogP contribution in [0, 0.1) is 0 Å². The lowest BCUT2D eigenvalue weighted by molar-refractivity contribution is -0.220. The third-order valence-corrected chi connectivity index (χ3v) is 9.86. The first kappa shape index (κ1) is 50.1. The van der Waals surface area contributed by atoms with Gasteiger partial charge < -0.3 is 39.9 Å². The number of rotatable bonds is 32.